The summed E-state index contributed by atoms with van der Waals surface area (Å²) in [5.74, 6) is 0. The van der Waals surface area contributed by atoms with Gasteiger partial charge in [-0.25, -0.2) is 0 Å². The maximum Gasteiger partial charge on any atom is 0.0760 e. The summed E-state index contributed by atoms with van der Waals surface area (Å²) in [5.41, 5.74) is 4.20. The number of aliphatic hydroxyl groups excluding tert-OH is 3. The Labute approximate surface area is 141 Å². The molecule has 0 spiro atoms. The van der Waals surface area contributed by atoms with Gasteiger partial charge in [0.25, 0.3) is 0 Å². The van der Waals surface area contributed by atoms with Crippen LogP contribution in [0.2, 0.25) is 0 Å². The molecule has 23 heavy (non-hydrogen) atoms. The number of aliphatic hydroxyl groups is 3. The van der Waals surface area contributed by atoms with Crippen LogP contribution in [0, 0.1) is 0 Å². The summed E-state index contributed by atoms with van der Waals surface area (Å²) in [6, 6.07) is 0. The highest BCUT2D eigenvalue weighted by atomic mass is 16.3. The van der Waals surface area contributed by atoms with Crippen molar-refractivity contribution in [2.24, 2.45) is 0 Å². The van der Waals surface area contributed by atoms with Crippen LogP contribution in [0.3, 0.4) is 0 Å². The molecule has 0 aliphatic heterocycles. The zero-order valence-corrected chi connectivity index (χ0v) is 15.2. The largest absolute Gasteiger partial charge is 0.392 e. The van der Waals surface area contributed by atoms with Crippen molar-refractivity contribution in [1.82, 2.24) is 0 Å². The molecule has 0 radical (unpaired) electrons. The quantitative estimate of drug-likeness (QED) is 0.503. The minimum absolute atomic E-state index is 0.0472. The Morgan fingerprint density at radius 2 is 1.65 bits per heavy atom. The third kappa shape index (κ3) is 12.0. The van der Waals surface area contributed by atoms with E-state index in [0.717, 1.165) is 41.6 Å². The first-order valence-corrected chi connectivity index (χ1v) is 8.37. The van der Waals surface area contributed by atoms with Gasteiger partial charge in [0.15, 0.2) is 0 Å². The van der Waals surface area contributed by atoms with Crippen LogP contribution in [0.15, 0.2) is 47.1 Å². The molecule has 0 rings (SSSR count). The Bertz CT molecular complexity index is 440. The van der Waals surface area contributed by atoms with E-state index in [9.17, 15) is 10.2 Å². The highest BCUT2D eigenvalue weighted by Crippen LogP contribution is 2.17. The van der Waals surface area contributed by atoms with Gasteiger partial charge < -0.3 is 15.3 Å². The summed E-state index contributed by atoms with van der Waals surface area (Å²) in [4.78, 5) is 0. The fraction of sp³-hybridized carbons (Fsp3) is 0.600. The van der Waals surface area contributed by atoms with E-state index in [1.54, 1.807) is 6.08 Å². The van der Waals surface area contributed by atoms with Gasteiger partial charge in [0.2, 0.25) is 0 Å². The first-order valence-electron chi connectivity index (χ1n) is 8.37. The van der Waals surface area contributed by atoms with Crippen LogP contribution >= 0.6 is 0 Å². The van der Waals surface area contributed by atoms with E-state index in [-0.39, 0.29) is 6.61 Å². The molecular formula is C20H34O3. The fourth-order valence-electron chi connectivity index (χ4n) is 2.35. The van der Waals surface area contributed by atoms with E-state index < -0.39 is 12.2 Å². The number of allylic oxidation sites excluding steroid dienone is 3. The van der Waals surface area contributed by atoms with Gasteiger partial charge in [-0.1, -0.05) is 41.5 Å². The predicted molar refractivity (Wildman–Crippen MR) is 98.3 cm³/mol. The maximum absolute atomic E-state index is 10.1. The summed E-state index contributed by atoms with van der Waals surface area (Å²) in [6.45, 7) is 11.9. The van der Waals surface area contributed by atoms with E-state index in [2.05, 4.69) is 12.7 Å². The highest BCUT2D eigenvalue weighted by molar-refractivity contribution is 5.09. The molecule has 2 unspecified atom stereocenters. The van der Waals surface area contributed by atoms with Crippen molar-refractivity contribution in [2.45, 2.75) is 72.0 Å². The van der Waals surface area contributed by atoms with Crippen LogP contribution in [-0.4, -0.2) is 34.1 Å². The Morgan fingerprint density at radius 1 is 1.00 bits per heavy atom. The summed E-state index contributed by atoms with van der Waals surface area (Å²) >= 11 is 0. The standard InChI is InChI=1S/C20H34O3/c1-15(2)13-19(22)14-17(4)7-6-8-18(5)20(23)10-9-16(3)11-12-21/h7,11,13,19-23H,5-6,8-10,12,14H2,1-4H3. The molecule has 3 nitrogen and oxygen atoms in total. The van der Waals surface area contributed by atoms with Crippen molar-refractivity contribution in [3.8, 4) is 0 Å². The number of hydrogen-bond donors (Lipinski definition) is 3. The van der Waals surface area contributed by atoms with Gasteiger partial charge in [0, 0.05) is 0 Å². The molecule has 0 saturated heterocycles. The van der Waals surface area contributed by atoms with Gasteiger partial charge >= 0.3 is 0 Å². The van der Waals surface area contributed by atoms with E-state index in [1.807, 2.05) is 33.8 Å². The molecule has 0 fully saturated rings. The molecule has 3 N–H and O–H groups in total. The van der Waals surface area contributed by atoms with Crippen LogP contribution < -0.4 is 0 Å². The third-order valence-corrected chi connectivity index (χ3v) is 3.74. The summed E-state index contributed by atoms with van der Waals surface area (Å²) in [7, 11) is 0. The second-order valence-electron chi connectivity index (χ2n) is 6.55. The van der Waals surface area contributed by atoms with Crippen molar-refractivity contribution in [1.29, 1.82) is 0 Å². The van der Waals surface area contributed by atoms with Crippen LogP contribution in [-0.2, 0) is 0 Å². The highest BCUT2D eigenvalue weighted by Gasteiger charge is 2.08. The summed E-state index contributed by atoms with van der Waals surface area (Å²) in [5, 5.41) is 28.7. The molecule has 0 bridgehead atoms. The lowest BCUT2D eigenvalue weighted by Gasteiger charge is -2.13. The van der Waals surface area contributed by atoms with E-state index in [4.69, 9.17) is 5.11 Å². The lowest BCUT2D eigenvalue weighted by Crippen LogP contribution is -2.09. The number of hydrogen-bond acceptors (Lipinski definition) is 3. The van der Waals surface area contributed by atoms with Gasteiger partial charge in [0.1, 0.15) is 0 Å². The van der Waals surface area contributed by atoms with Crippen molar-refractivity contribution >= 4 is 0 Å². The molecule has 0 aromatic carbocycles. The Balaban J connectivity index is 4.15. The molecule has 0 saturated carbocycles. The molecule has 0 amide bonds. The van der Waals surface area contributed by atoms with Gasteiger partial charge in [0.05, 0.1) is 18.8 Å². The van der Waals surface area contributed by atoms with E-state index in [1.165, 1.54) is 0 Å². The Kier molecular flexibility index (Phi) is 11.7. The normalized spacial score (nSPS) is 15.3. The molecule has 0 heterocycles. The Morgan fingerprint density at radius 3 is 2.22 bits per heavy atom. The molecule has 3 heteroatoms. The summed E-state index contributed by atoms with van der Waals surface area (Å²) < 4.78 is 0. The van der Waals surface area contributed by atoms with E-state index >= 15 is 0 Å². The van der Waals surface area contributed by atoms with Crippen LogP contribution in [0.5, 0.6) is 0 Å². The average Bonchev–Trinajstić information content (AvgIpc) is 2.43. The van der Waals surface area contributed by atoms with Crippen molar-refractivity contribution in [2.75, 3.05) is 6.61 Å². The lowest BCUT2D eigenvalue weighted by molar-refractivity contribution is 0.197. The minimum Gasteiger partial charge on any atom is -0.392 e. The molecule has 0 aromatic heterocycles. The number of rotatable bonds is 11. The van der Waals surface area contributed by atoms with Gasteiger partial charge in [-0.2, -0.15) is 0 Å². The average molecular weight is 322 g/mol. The van der Waals surface area contributed by atoms with Gasteiger partial charge in [-0.05, 0) is 65.4 Å². The van der Waals surface area contributed by atoms with Crippen molar-refractivity contribution < 1.29 is 15.3 Å². The molecule has 132 valence electrons. The summed E-state index contributed by atoms with van der Waals surface area (Å²) in [6.07, 6.45) is 8.44. The molecule has 0 aliphatic carbocycles. The first-order chi connectivity index (χ1) is 10.8. The third-order valence-electron chi connectivity index (χ3n) is 3.74. The van der Waals surface area contributed by atoms with Crippen LogP contribution in [0.1, 0.15) is 59.8 Å². The first kappa shape index (κ1) is 21.8. The van der Waals surface area contributed by atoms with Crippen LogP contribution in [0.4, 0.5) is 0 Å². The smallest absolute Gasteiger partial charge is 0.0760 e. The molecule has 0 aromatic rings. The van der Waals surface area contributed by atoms with Crippen molar-refractivity contribution in [3.63, 3.8) is 0 Å². The SMILES string of the molecule is C=C(CCC=C(C)CC(O)C=C(C)C)C(O)CCC(C)=CCO. The monoisotopic (exact) mass is 322 g/mol. The van der Waals surface area contributed by atoms with E-state index in [0.29, 0.717) is 12.8 Å². The fourth-order valence-corrected chi connectivity index (χ4v) is 2.35. The predicted octanol–water partition coefficient (Wildman–Crippen LogP) is 4.07. The zero-order chi connectivity index (χ0) is 17.8. The maximum atomic E-state index is 10.1. The second-order valence-corrected chi connectivity index (χ2v) is 6.55. The molecule has 2 atom stereocenters. The second kappa shape index (κ2) is 12.3. The van der Waals surface area contributed by atoms with Crippen molar-refractivity contribution in [3.05, 3.63) is 47.1 Å². The molecular weight excluding hydrogens is 288 g/mol. The topological polar surface area (TPSA) is 60.7 Å². The zero-order valence-electron chi connectivity index (χ0n) is 15.2. The van der Waals surface area contributed by atoms with Crippen LogP contribution in [0.25, 0.3) is 0 Å². The van der Waals surface area contributed by atoms with Gasteiger partial charge in [-0.15, -0.1) is 0 Å². The lowest BCUT2D eigenvalue weighted by atomic mass is 9.98. The Hall–Kier alpha value is -1.16. The minimum atomic E-state index is -0.498. The molecule has 0 aliphatic rings. The van der Waals surface area contributed by atoms with Gasteiger partial charge in [-0.3, -0.25) is 0 Å².